The zero-order valence-electron chi connectivity index (χ0n) is 10.4. The SMILES string of the molecule is Cn1c(=C(C#N)C#N)sc(=Cc2ccccc2Cl)c1=O. The maximum Gasteiger partial charge on any atom is 0.268 e. The Morgan fingerprint density at radius 1 is 1.35 bits per heavy atom. The molecule has 0 aliphatic heterocycles. The first-order valence-electron chi connectivity index (χ1n) is 5.55. The van der Waals surface area contributed by atoms with E-state index in [0.29, 0.717) is 14.2 Å². The minimum atomic E-state index is -0.257. The maximum absolute atomic E-state index is 12.1. The Morgan fingerprint density at radius 2 is 2.00 bits per heavy atom. The minimum absolute atomic E-state index is 0.0755. The summed E-state index contributed by atoms with van der Waals surface area (Å²) in [6.45, 7) is 0. The first kappa shape index (κ1) is 14.1. The largest absolute Gasteiger partial charge is 0.300 e. The smallest absolute Gasteiger partial charge is 0.268 e. The molecule has 6 heteroatoms. The van der Waals surface area contributed by atoms with Crippen LogP contribution in [0.5, 0.6) is 0 Å². The third-order valence-corrected chi connectivity index (χ3v) is 4.18. The van der Waals surface area contributed by atoms with Gasteiger partial charge in [-0.25, -0.2) is 0 Å². The quantitative estimate of drug-likeness (QED) is 0.793. The Bertz CT molecular complexity index is 909. The molecule has 1 heterocycles. The fraction of sp³-hybridized carbons (Fsp3) is 0.0714. The molecule has 0 unspecified atom stereocenters. The van der Waals surface area contributed by atoms with E-state index < -0.39 is 0 Å². The second-order valence-corrected chi connectivity index (χ2v) is 5.34. The summed E-state index contributed by atoms with van der Waals surface area (Å²) in [7, 11) is 1.53. The van der Waals surface area contributed by atoms with Crippen molar-refractivity contribution in [2.24, 2.45) is 7.05 Å². The zero-order valence-corrected chi connectivity index (χ0v) is 12.0. The first-order chi connectivity index (χ1) is 9.58. The van der Waals surface area contributed by atoms with E-state index in [9.17, 15) is 4.79 Å². The molecule has 0 aliphatic carbocycles. The van der Waals surface area contributed by atoms with Crippen LogP contribution in [0.4, 0.5) is 0 Å². The molecule has 2 rings (SSSR count). The average molecular weight is 302 g/mol. The van der Waals surface area contributed by atoms with Gasteiger partial charge in [0.2, 0.25) is 0 Å². The van der Waals surface area contributed by atoms with Crippen molar-refractivity contribution in [2.75, 3.05) is 0 Å². The molecule has 1 aromatic heterocycles. The van der Waals surface area contributed by atoms with E-state index in [1.807, 2.05) is 6.07 Å². The third kappa shape index (κ3) is 2.50. The van der Waals surface area contributed by atoms with E-state index in [4.69, 9.17) is 22.1 Å². The van der Waals surface area contributed by atoms with Crippen LogP contribution < -0.4 is 14.8 Å². The predicted octanol–water partition coefficient (Wildman–Crippen LogP) is 1.13. The summed E-state index contributed by atoms with van der Waals surface area (Å²) in [6, 6.07) is 10.7. The van der Waals surface area contributed by atoms with Gasteiger partial charge in [-0.1, -0.05) is 29.8 Å². The van der Waals surface area contributed by atoms with Crippen LogP contribution >= 0.6 is 22.9 Å². The van der Waals surface area contributed by atoms with E-state index in [2.05, 4.69) is 0 Å². The summed E-state index contributed by atoms with van der Waals surface area (Å²) in [5.74, 6) is 0. The lowest BCUT2D eigenvalue weighted by Gasteiger charge is -1.94. The maximum atomic E-state index is 12.1. The van der Waals surface area contributed by atoms with E-state index in [1.165, 1.54) is 11.6 Å². The minimum Gasteiger partial charge on any atom is -0.300 e. The molecule has 0 spiro atoms. The number of halogens is 1. The second-order valence-electron chi connectivity index (χ2n) is 3.90. The van der Waals surface area contributed by atoms with Gasteiger partial charge in [0.25, 0.3) is 5.56 Å². The Hall–Kier alpha value is -2.34. The molecule has 1 aromatic carbocycles. The standard InChI is InChI=1S/C14H8ClN3OS/c1-18-13(19)12(20-14(18)10(7-16)8-17)6-9-4-2-3-5-11(9)15/h2-6H,1H3. The van der Waals surface area contributed by atoms with Crippen LogP contribution in [0.1, 0.15) is 5.56 Å². The molecule has 0 saturated carbocycles. The van der Waals surface area contributed by atoms with Crippen molar-refractivity contribution in [3.63, 3.8) is 0 Å². The van der Waals surface area contributed by atoms with Crippen LogP contribution in [0.2, 0.25) is 5.02 Å². The predicted molar refractivity (Wildman–Crippen MR) is 78.5 cm³/mol. The van der Waals surface area contributed by atoms with Gasteiger partial charge in [0.1, 0.15) is 16.8 Å². The molecular formula is C14H8ClN3OS. The zero-order chi connectivity index (χ0) is 14.7. The average Bonchev–Trinajstić information content (AvgIpc) is 2.72. The second kappa shape index (κ2) is 5.75. The van der Waals surface area contributed by atoms with Crippen molar-refractivity contribution in [1.29, 1.82) is 10.5 Å². The van der Waals surface area contributed by atoms with Crippen LogP contribution in [-0.4, -0.2) is 4.57 Å². The van der Waals surface area contributed by atoms with E-state index >= 15 is 0 Å². The molecule has 0 fully saturated rings. The van der Waals surface area contributed by atoms with Crippen LogP contribution in [0, 0.1) is 22.7 Å². The first-order valence-corrected chi connectivity index (χ1v) is 6.74. The molecule has 0 bridgehead atoms. The summed E-state index contributed by atoms with van der Waals surface area (Å²) >= 11 is 7.15. The molecule has 0 aliphatic rings. The molecule has 0 saturated heterocycles. The van der Waals surface area contributed by atoms with Gasteiger partial charge in [-0.2, -0.15) is 10.5 Å². The Kier molecular flexibility index (Phi) is 4.05. The fourth-order valence-electron chi connectivity index (χ4n) is 1.64. The Balaban J connectivity index is 2.82. The number of hydrogen-bond acceptors (Lipinski definition) is 4. The monoisotopic (exact) mass is 301 g/mol. The highest BCUT2D eigenvalue weighted by Crippen LogP contribution is 2.14. The molecule has 0 radical (unpaired) electrons. The summed E-state index contributed by atoms with van der Waals surface area (Å²) in [4.78, 5) is 12.1. The number of aromatic nitrogens is 1. The molecule has 98 valence electrons. The number of benzene rings is 1. The van der Waals surface area contributed by atoms with Gasteiger partial charge in [-0.05, 0) is 17.7 Å². The molecule has 20 heavy (non-hydrogen) atoms. The van der Waals surface area contributed by atoms with Crippen molar-refractivity contribution in [3.05, 3.63) is 54.4 Å². The summed E-state index contributed by atoms with van der Waals surface area (Å²) in [5, 5.41) is 18.3. The van der Waals surface area contributed by atoms with Crippen molar-refractivity contribution in [1.82, 2.24) is 4.57 Å². The van der Waals surface area contributed by atoms with Gasteiger partial charge in [0.15, 0.2) is 5.57 Å². The van der Waals surface area contributed by atoms with Crippen molar-refractivity contribution in [2.45, 2.75) is 0 Å². The number of nitrogens with zero attached hydrogens (tertiary/aromatic N) is 3. The van der Waals surface area contributed by atoms with Crippen molar-refractivity contribution < 1.29 is 0 Å². The Morgan fingerprint density at radius 3 is 2.60 bits per heavy atom. The Labute approximate surface area is 123 Å². The normalized spacial score (nSPS) is 10.9. The van der Waals surface area contributed by atoms with Crippen LogP contribution in [0.3, 0.4) is 0 Å². The van der Waals surface area contributed by atoms with Crippen molar-refractivity contribution >= 4 is 34.6 Å². The molecule has 2 aromatic rings. The summed E-state index contributed by atoms with van der Waals surface area (Å²) in [5.41, 5.74) is 0.386. The van der Waals surface area contributed by atoms with Gasteiger partial charge in [-0.15, -0.1) is 11.3 Å². The van der Waals surface area contributed by atoms with E-state index in [0.717, 1.165) is 16.9 Å². The molecular weight excluding hydrogens is 294 g/mol. The number of nitriles is 2. The number of rotatable bonds is 1. The highest BCUT2D eigenvalue weighted by molar-refractivity contribution is 7.07. The molecule has 4 nitrogen and oxygen atoms in total. The van der Waals surface area contributed by atoms with Gasteiger partial charge in [0, 0.05) is 12.1 Å². The van der Waals surface area contributed by atoms with Gasteiger partial charge >= 0.3 is 0 Å². The van der Waals surface area contributed by atoms with Crippen LogP contribution in [-0.2, 0) is 7.05 Å². The van der Waals surface area contributed by atoms with Gasteiger partial charge in [0.05, 0.1) is 4.53 Å². The molecule has 0 N–H and O–H groups in total. The van der Waals surface area contributed by atoms with E-state index in [1.54, 1.807) is 36.4 Å². The number of thiazole rings is 1. The summed E-state index contributed by atoms with van der Waals surface area (Å²) < 4.78 is 2.08. The highest BCUT2D eigenvalue weighted by atomic mass is 35.5. The van der Waals surface area contributed by atoms with Gasteiger partial charge in [-0.3, -0.25) is 4.79 Å². The lowest BCUT2D eigenvalue weighted by atomic mass is 10.2. The lowest BCUT2D eigenvalue weighted by molar-refractivity contribution is 0.855. The molecule has 0 atom stereocenters. The highest BCUT2D eigenvalue weighted by Gasteiger charge is 2.06. The topological polar surface area (TPSA) is 69.6 Å². The third-order valence-electron chi connectivity index (χ3n) is 2.66. The number of hydrogen-bond donors (Lipinski definition) is 0. The lowest BCUT2D eigenvalue weighted by Crippen LogP contribution is -2.29. The fourth-order valence-corrected chi connectivity index (χ4v) is 2.86. The van der Waals surface area contributed by atoms with Crippen LogP contribution in [0.15, 0.2) is 29.1 Å². The van der Waals surface area contributed by atoms with Gasteiger partial charge < -0.3 is 4.57 Å². The molecule has 0 amide bonds. The van der Waals surface area contributed by atoms with E-state index in [-0.39, 0.29) is 11.1 Å². The summed E-state index contributed by atoms with van der Waals surface area (Å²) in [6.07, 6.45) is 1.66. The van der Waals surface area contributed by atoms with Crippen molar-refractivity contribution in [3.8, 4) is 12.1 Å². The van der Waals surface area contributed by atoms with Crippen LogP contribution in [0.25, 0.3) is 11.6 Å².